The van der Waals surface area contributed by atoms with Crippen LogP contribution in [-0.2, 0) is 10.2 Å². The second-order valence-electron chi connectivity index (χ2n) is 5.14. The van der Waals surface area contributed by atoms with E-state index < -0.39 is 0 Å². The van der Waals surface area contributed by atoms with Crippen molar-refractivity contribution in [3.05, 3.63) is 34.3 Å². The van der Waals surface area contributed by atoms with Crippen LogP contribution in [0, 0.1) is 0 Å². The molecule has 2 rings (SSSR count). The van der Waals surface area contributed by atoms with Crippen molar-refractivity contribution in [2.45, 2.75) is 26.2 Å². The molecule has 0 spiro atoms. The number of carbonyl (C=O) groups excluding carboxylic acids is 1. The third-order valence-electron chi connectivity index (χ3n) is 2.69. The zero-order valence-electron chi connectivity index (χ0n) is 10.8. The highest BCUT2D eigenvalue weighted by Crippen LogP contribution is 2.27. The summed E-state index contributed by atoms with van der Waals surface area (Å²) in [6.45, 7) is 6.30. The number of carbonyl (C=O) groups is 1. The molecule has 0 bridgehead atoms. The lowest BCUT2D eigenvalue weighted by Gasteiger charge is -2.16. The second kappa shape index (κ2) is 4.39. The van der Waals surface area contributed by atoms with Crippen molar-refractivity contribution < 1.29 is 9.53 Å². The zero-order valence-corrected chi connectivity index (χ0v) is 12.4. The van der Waals surface area contributed by atoms with Gasteiger partial charge in [0.15, 0.2) is 0 Å². The Kier molecular flexibility index (Phi) is 3.19. The van der Waals surface area contributed by atoms with Gasteiger partial charge in [0, 0.05) is 11.6 Å². The number of methoxy groups -OCH3 is 1. The van der Waals surface area contributed by atoms with Crippen molar-refractivity contribution in [2.75, 3.05) is 7.11 Å². The fourth-order valence-corrected chi connectivity index (χ4v) is 2.30. The Morgan fingerprint density at radius 3 is 2.67 bits per heavy atom. The molecule has 18 heavy (non-hydrogen) atoms. The normalized spacial score (nSPS) is 11.8. The molecular weight excluding hydrogens is 296 g/mol. The molecule has 0 aliphatic carbocycles. The summed E-state index contributed by atoms with van der Waals surface area (Å²) in [5, 5.41) is 0. The van der Waals surface area contributed by atoms with Crippen LogP contribution in [0.4, 0.5) is 0 Å². The predicted molar refractivity (Wildman–Crippen MR) is 72.9 cm³/mol. The Bertz CT molecular complexity index is 611. The maximum Gasteiger partial charge on any atom is 0.337 e. The van der Waals surface area contributed by atoms with Crippen molar-refractivity contribution in [3.8, 4) is 0 Å². The number of nitrogens with zero attached hydrogens (tertiary/aromatic N) is 2. The van der Waals surface area contributed by atoms with Crippen molar-refractivity contribution in [1.29, 1.82) is 0 Å². The standard InChI is InChI=1S/C13H15BrN2O2/c1-13(2,3)12-15-10(14)9-7-8(11(17)18-4)5-6-16(9)12/h5-7H,1-4H3. The topological polar surface area (TPSA) is 43.6 Å². The molecule has 4 nitrogen and oxygen atoms in total. The number of imidazole rings is 1. The van der Waals surface area contributed by atoms with Crippen LogP contribution >= 0.6 is 15.9 Å². The van der Waals surface area contributed by atoms with Gasteiger partial charge in [-0.1, -0.05) is 20.8 Å². The Balaban J connectivity index is 2.66. The monoisotopic (exact) mass is 310 g/mol. The van der Waals surface area contributed by atoms with Gasteiger partial charge in [0.05, 0.1) is 18.2 Å². The second-order valence-corrected chi connectivity index (χ2v) is 5.89. The van der Waals surface area contributed by atoms with Crippen LogP contribution in [0.3, 0.4) is 0 Å². The summed E-state index contributed by atoms with van der Waals surface area (Å²) in [6.07, 6.45) is 1.85. The average Bonchev–Trinajstić information content (AvgIpc) is 2.65. The van der Waals surface area contributed by atoms with E-state index in [1.807, 2.05) is 10.6 Å². The molecule has 0 radical (unpaired) electrons. The molecule has 0 aliphatic rings. The quantitative estimate of drug-likeness (QED) is 0.760. The summed E-state index contributed by atoms with van der Waals surface area (Å²) in [7, 11) is 1.37. The van der Waals surface area contributed by atoms with E-state index in [4.69, 9.17) is 4.74 Å². The van der Waals surface area contributed by atoms with Crippen LogP contribution in [0.25, 0.3) is 5.52 Å². The van der Waals surface area contributed by atoms with Crippen molar-refractivity contribution in [3.63, 3.8) is 0 Å². The average molecular weight is 311 g/mol. The first-order valence-corrected chi connectivity index (χ1v) is 6.40. The van der Waals surface area contributed by atoms with E-state index in [0.717, 1.165) is 15.9 Å². The van der Waals surface area contributed by atoms with Gasteiger partial charge in [-0.3, -0.25) is 0 Å². The van der Waals surface area contributed by atoms with Gasteiger partial charge in [0.2, 0.25) is 0 Å². The molecule has 2 aromatic heterocycles. The summed E-state index contributed by atoms with van der Waals surface area (Å²) in [5.74, 6) is 0.601. The number of rotatable bonds is 1. The van der Waals surface area contributed by atoms with E-state index in [0.29, 0.717) is 5.56 Å². The number of pyridine rings is 1. The molecule has 0 fully saturated rings. The lowest BCUT2D eigenvalue weighted by atomic mass is 9.96. The van der Waals surface area contributed by atoms with Crippen LogP contribution in [0.5, 0.6) is 0 Å². The van der Waals surface area contributed by atoms with E-state index in [9.17, 15) is 4.79 Å². The van der Waals surface area contributed by atoms with Gasteiger partial charge in [0.1, 0.15) is 10.4 Å². The summed E-state index contributed by atoms with van der Waals surface area (Å²) in [4.78, 5) is 16.0. The minimum absolute atomic E-state index is 0.0677. The number of halogens is 1. The Morgan fingerprint density at radius 1 is 1.44 bits per heavy atom. The maximum atomic E-state index is 11.5. The minimum atomic E-state index is -0.345. The highest BCUT2D eigenvalue weighted by molar-refractivity contribution is 9.10. The lowest BCUT2D eigenvalue weighted by Crippen LogP contribution is -2.16. The number of aromatic nitrogens is 2. The first-order valence-electron chi connectivity index (χ1n) is 5.61. The molecule has 0 amide bonds. The molecule has 5 heteroatoms. The number of esters is 1. The van der Waals surface area contributed by atoms with Gasteiger partial charge < -0.3 is 9.14 Å². The molecule has 96 valence electrons. The summed E-state index contributed by atoms with van der Waals surface area (Å²) in [6, 6.07) is 3.51. The molecular formula is C13H15BrN2O2. The molecule has 0 N–H and O–H groups in total. The molecule has 2 aromatic rings. The van der Waals surface area contributed by atoms with E-state index in [1.165, 1.54) is 7.11 Å². The first kappa shape index (κ1) is 13.1. The van der Waals surface area contributed by atoms with Crippen molar-refractivity contribution in [2.24, 2.45) is 0 Å². The summed E-state index contributed by atoms with van der Waals surface area (Å²) in [5.41, 5.74) is 1.32. The smallest absolute Gasteiger partial charge is 0.337 e. The fraction of sp³-hybridized carbons (Fsp3) is 0.385. The molecule has 0 atom stereocenters. The Hall–Kier alpha value is -1.36. The van der Waals surface area contributed by atoms with Crippen LogP contribution in [-0.4, -0.2) is 22.5 Å². The molecule has 0 saturated heterocycles. The SMILES string of the molecule is COC(=O)c1ccn2c(C(C)(C)C)nc(Br)c2c1. The third kappa shape index (κ3) is 2.14. The number of hydrogen-bond donors (Lipinski definition) is 0. The van der Waals surface area contributed by atoms with Crippen molar-refractivity contribution >= 4 is 27.4 Å². The van der Waals surface area contributed by atoms with Crippen molar-refractivity contribution in [1.82, 2.24) is 9.38 Å². The van der Waals surface area contributed by atoms with Gasteiger partial charge in [0.25, 0.3) is 0 Å². The van der Waals surface area contributed by atoms with Crippen LogP contribution < -0.4 is 0 Å². The maximum absolute atomic E-state index is 11.5. The number of fused-ring (bicyclic) bond motifs is 1. The highest BCUT2D eigenvalue weighted by atomic mass is 79.9. The fourth-order valence-electron chi connectivity index (χ4n) is 1.82. The van der Waals surface area contributed by atoms with Gasteiger partial charge in [-0.05, 0) is 28.1 Å². The molecule has 0 unspecified atom stereocenters. The van der Waals surface area contributed by atoms with Crippen LogP contribution in [0.2, 0.25) is 0 Å². The van der Waals surface area contributed by atoms with Gasteiger partial charge >= 0.3 is 5.97 Å². The Labute approximate surface area is 114 Å². The largest absolute Gasteiger partial charge is 0.465 e. The third-order valence-corrected chi connectivity index (χ3v) is 3.27. The van der Waals surface area contributed by atoms with E-state index >= 15 is 0 Å². The summed E-state index contributed by atoms with van der Waals surface area (Å²) >= 11 is 3.43. The molecule has 2 heterocycles. The van der Waals surface area contributed by atoms with E-state index in [2.05, 4.69) is 41.7 Å². The lowest BCUT2D eigenvalue weighted by molar-refractivity contribution is 0.0600. The number of ether oxygens (including phenoxy) is 1. The summed E-state index contributed by atoms with van der Waals surface area (Å²) < 4.78 is 7.43. The first-order chi connectivity index (χ1) is 8.34. The van der Waals surface area contributed by atoms with E-state index in [1.54, 1.807) is 12.1 Å². The zero-order chi connectivity index (χ0) is 13.5. The molecule has 0 aliphatic heterocycles. The highest BCUT2D eigenvalue weighted by Gasteiger charge is 2.22. The number of hydrogen-bond acceptors (Lipinski definition) is 3. The van der Waals surface area contributed by atoms with Crippen LogP contribution in [0.1, 0.15) is 37.0 Å². The van der Waals surface area contributed by atoms with Crippen LogP contribution in [0.15, 0.2) is 22.9 Å². The molecule has 0 aromatic carbocycles. The van der Waals surface area contributed by atoms with Gasteiger partial charge in [-0.2, -0.15) is 0 Å². The van der Waals surface area contributed by atoms with E-state index in [-0.39, 0.29) is 11.4 Å². The van der Waals surface area contributed by atoms with Gasteiger partial charge in [-0.25, -0.2) is 9.78 Å². The molecule has 0 saturated carbocycles. The Morgan fingerprint density at radius 2 is 2.11 bits per heavy atom. The van der Waals surface area contributed by atoms with Gasteiger partial charge in [-0.15, -0.1) is 0 Å². The minimum Gasteiger partial charge on any atom is -0.465 e. The predicted octanol–water partition coefficient (Wildman–Crippen LogP) is 3.18.